The Hall–Kier alpha value is -3.28. The maximum absolute atomic E-state index is 12.4. The zero-order chi connectivity index (χ0) is 22.9. The van der Waals surface area contributed by atoms with Gasteiger partial charge < -0.3 is 19.7 Å². The topological polar surface area (TPSA) is 82.6 Å². The third-order valence-corrected chi connectivity index (χ3v) is 6.00. The summed E-state index contributed by atoms with van der Waals surface area (Å²) in [6, 6.07) is 16.0. The number of likely N-dealkylation sites (tertiary alicyclic amines) is 1. The van der Waals surface area contributed by atoms with Crippen molar-refractivity contribution in [1.29, 1.82) is 0 Å². The van der Waals surface area contributed by atoms with Gasteiger partial charge in [-0.25, -0.2) is 9.59 Å². The summed E-state index contributed by atoms with van der Waals surface area (Å²) in [6.45, 7) is 6.86. The molecule has 0 saturated carbocycles. The number of ether oxygens (including phenoxy) is 1. The van der Waals surface area contributed by atoms with Crippen LogP contribution in [0, 0.1) is 0 Å². The second kappa shape index (κ2) is 8.69. The molecule has 0 radical (unpaired) electrons. The molecule has 1 aliphatic heterocycles. The molecule has 0 atom stereocenters. The SMILES string of the molecule is CC(C)(C)OC(=O)N1CCC(c2cccc3c(Cc4ccccc4)c(C(=O)O)[nH]c23)CC1. The number of nitrogens with one attached hydrogen (secondary N) is 1. The third-order valence-electron chi connectivity index (χ3n) is 6.00. The fourth-order valence-electron chi connectivity index (χ4n) is 4.50. The summed E-state index contributed by atoms with van der Waals surface area (Å²) >= 11 is 0. The van der Waals surface area contributed by atoms with Crippen LogP contribution in [0.4, 0.5) is 4.79 Å². The number of carbonyl (C=O) groups excluding carboxylic acids is 1. The number of benzene rings is 2. The third kappa shape index (κ3) is 4.64. The van der Waals surface area contributed by atoms with E-state index in [1.54, 1.807) is 4.90 Å². The summed E-state index contributed by atoms with van der Waals surface area (Å²) in [5, 5.41) is 10.8. The molecule has 0 bridgehead atoms. The van der Waals surface area contributed by atoms with Gasteiger partial charge in [0.15, 0.2) is 0 Å². The van der Waals surface area contributed by atoms with Crippen molar-refractivity contribution in [2.24, 2.45) is 0 Å². The number of nitrogens with zero attached hydrogens (tertiary/aromatic N) is 1. The highest BCUT2D eigenvalue weighted by atomic mass is 16.6. The molecule has 2 aromatic carbocycles. The highest BCUT2D eigenvalue weighted by Gasteiger charge is 2.29. The average molecular weight is 435 g/mol. The first-order valence-electron chi connectivity index (χ1n) is 11.1. The molecule has 1 aliphatic rings. The van der Waals surface area contributed by atoms with Crippen molar-refractivity contribution in [3.05, 3.63) is 70.9 Å². The number of aromatic carboxylic acids is 1. The van der Waals surface area contributed by atoms with Crippen LogP contribution in [0.15, 0.2) is 48.5 Å². The van der Waals surface area contributed by atoms with E-state index in [0.717, 1.165) is 40.4 Å². The fraction of sp³-hybridized carbons (Fsp3) is 0.385. The summed E-state index contributed by atoms with van der Waals surface area (Å²) in [7, 11) is 0. The highest BCUT2D eigenvalue weighted by molar-refractivity contribution is 5.99. The number of aromatic nitrogens is 1. The summed E-state index contributed by atoms with van der Waals surface area (Å²) < 4.78 is 5.51. The van der Waals surface area contributed by atoms with Gasteiger partial charge in [0, 0.05) is 30.4 Å². The van der Waals surface area contributed by atoms with Crippen LogP contribution in [0.2, 0.25) is 0 Å². The monoisotopic (exact) mass is 434 g/mol. The smallest absolute Gasteiger partial charge is 0.410 e. The molecule has 6 heteroatoms. The molecular formula is C26H30N2O4. The molecule has 0 unspecified atom stereocenters. The van der Waals surface area contributed by atoms with Gasteiger partial charge in [-0.15, -0.1) is 0 Å². The molecule has 3 aromatic rings. The minimum absolute atomic E-state index is 0.252. The van der Waals surface area contributed by atoms with E-state index in [-0.39, 0.29) is 17.7 Å². The first-order valence-corrected chi connectivity index (χ1v) is 11.1. The Morgan fingerprint density at radius 2 is 1.75 bits per heavy atom. The van der Waals surface area contributed by atoms with Crippen molar-refractivity contribution in [2.75, 3.05) is 13.1 Å². The van der Waals surface area contributed by atoms with Gasteiger partial charge in [-0.2, -0.15) is 0 Å². The van der Waals surface area contributed by atoms with Crippen LogP contribution in [-0.4, -0.2) is 45.7 Å². The number of hydrogen-bond acceptors (Lipinski definition) is 3. The van der Waals surface area contributed by atoms with Crippen molar-refractivity contribution in [3.63, 3.8) is 0 Å². The largest absolute Gasteiger partial charge is 0.477 e. The Labute approximate surface area is 188 Å². The molecule has 0 aliphatic carbocycles. The van der Waals surface area contributed by atoms with Gasteiger partial charge >= 0.3 is 12.1 Å². The number of hydrogen-bond donors (Lipinski definition) is 2. The fourth-order valence-corrected chi connectivity index (χ4v) is 4.50. The Bertz CT molecular complexity index is 1120. The molecule has 4 rings (SSSR count). The average Bonchev–Trinajstić information content (AvgIpc) is 3.12. The number of H-pyrrole nitrogens is 1. The second-order valence-electron chi connectivity index (χ2n) is 9.46. The van der Waals surface area contributed by atoms with Crippen molar-refractivity contribution in [3.8, 4) is 0 Å². The Morgan fingerprint density at radius 1 is 1.06 bits per heavy atom. The lowest BCUT2D eigenvalue weighted by Gasteiger charge is -2.33. The van der Waals surface area contributed by atoms with Gasteiger partial charge in [-0.1, -0.05) is 48.5 Å². The van der Waals surface area contributed by atoms with E-state index in [1.807, 2.05) is 63.2 Å². The minimum Gasteiger partial charge on any atom is -0.477 e. The van der Waals surface area contributed by atoms with Gasteiger partial charge in [-0.3, -0.25) is 0 Å². The molecular weight excluding hydrogens is 404 g/mol. The van der Waals surface area contributed by atoms with Gasteiger partial charge in [-0.05, 0) is 56.2 Å². The molecule has 1 amide bonds. The van der Waals surface area contributed by atoms with E-state index < -0.39 is 11.6 Å². The van der Waals surface area contributed by atoms with Crippen molar-refractivity contribution >= 4 is 23.0 Å². The van der Waals surface area contributed by atoms with Crippen LogP contribution in [0.25, 0.3) is 10.9 Å². The minimum atomic E-state index is -0.946. The standard InChI is InChI=1S/C26H30N2O4/c1-26(2,3)32-25(31)28-14-12-18(13-15-28)19-10-7-11-20-21(16-17-8-5-4-6-9-17)23(24(29)30)27-22(19)20/h4-11,18,27H,12-16H2,1-3H3,(H,29,30). The lowest BCUT2D eigenvalue weighted by molar-refractivity contribution is 0.0205. The number of piperidine rings is 1. The lowest BCUT2D eigenvalue weighted by Crippen LogP contribution is -2.41. The van der Waals surface area contributed by atoms with Gasteiger partial charge in [0.05, 0.1) is 0 Å². The van der Waals surface area contributed by atoms with E-state index in [9.17, 15) is 14.7 Å². The first kappa shape index (κ1) is 21.9. The van der Waals surface area contributed by atoms with E-state index in [4.69, 9.17) is 4.74 Å². The zero-order valence-corrected chi connectivity index (χ0v) is 18.9. The second-order valence-corrected chi connectivity index (χ2v) is 9.46. The van der Waals surface area contributed by atoms with Crippen LogP contribution in [0.1, 0.15) is 66.7 Å². The molecule has 1 saturated heterocycles. The predicted octanol–water partition coefficient (Wildman–Crippen LogP) is 5.57. The number of aromatic amines is 1. The van der Waals surface area contributed by atoms with Gasteiger partial charge in [0.25, 0.3) is 0 Å². The van der Waals surface area contributed by atoms with E-state index in [1.165, 1.54) is 0 Å². The number of para-hydroxylation sites is 1. The van der Waals surface area contributed by atoms with E-state index in [2.05, 4.69) is 11.1 Å². The van der Waals surface area contributed by atoms with Crippen LogP contribution in [0.3, 0.4) is 0 Å². The maximum atomic E-state index is 12.4. The Kier molecular flexibility index (Phi) is 5.96. The molecule has 2 heterocycles. The number of carbonyl (C=O) groups is 2. The summed E-state index contributed by atoms with van der Waals surface area (Å²) in [4.78, 5) is 29.4. The molecule has 0 spiro atoms. The van der Waals surface area contributed by atoms with E-state index in [0.29, 0.717) is 19.5 Å². The van der Waals surface area contributed by atoms with Gasteiger partial charge in [0.2, 0.25) is 0 Å². The van der Waals surface area contributed by atoms with Crippen LogP contribution in [-0.2, 0) is 11.2 Å². The van der Waals surface area contributed by atoms with Crippen molar-refractivity contribution in [1.82, 2.24) is 9.88 Å². The predicted molar refractivity (Wildman–Crippen MR) is 124 cm³/mol. The van der Waals surface area contributed by atoms with E-state index >= 15 is 0 Å². The van der Waals surface area contributed by atoms with Crippen molar-refractivity contribution < 1.29 is 19.4 Å². The number of rotatable bonds is 4. The number of carboxylic acid groups (broad SMARTS) is 1. The number of fused-ring (bicyclic) bond motifs is 1. The van der Waals surface area contributed by atoms with Crippen molar-refractivity contribution in [2.45, 2.75) is 51.6 Å². The highest BCUT2D eigenvalue weighted by Crippen LogP contribution is 2.36. The summed E-state index contributed by atoms with van der Waals surface area (Å²) in [5.74, 6) is -0.694. The summed E-state index contributed by atoms with van der Waals surface area (Å²) in [5.41, 5.74) is 3.65. The maximum Gasteiger partial charge on any atom is 0.410 e. The van der Waals surface area contributed by atoms with Gasteiger partial charge in [0.1, 0.15) is 11.3 Å². The molecule has 1 aromatic heterocycles. The quantitative estimate of drug-likeness (QED) is 0.562. The summed E-state index contributed by atoms with van der Waals surface area (Å²) in [6.07, 6.45) is 1.91. The Morgan fingerprint density at radius 3 is 2.38 bits per heavy atom. The molecule has 32 heavy (non-hydrogen) atoms. The van der Waals surface area contributed by atoms with Crippen LogP contribution < -0.4 is 0 Å². The zero-order valence-electron chi connectivity index (χ0n) is 18.9. The normalized spacial score (nSPS) is 15.2. The molecule has 2 N–H and O–H groups in total. The molecule has 1 fully saturated rings. The van der Waals surface area contributed by atoms with Crippen LogP contribution in [0.5, 0.6) is 0 Å². The van der Waals surface area contributed by atoms with Crippen LogP contribution >= 0.6 is 0 Å². The number of carboxylic acids is 1. The number of amides is 1. The molecule has 6 nitrogen and oxygen atoms in total. The lowest BCUT2D eigenvalue weighted by atomic mass is 9.88. The molecule has 168 valence electrons. The Balaban J connectivity index is 1.60. The first-order chi connectivity index (χ1) is 15.2.